The van der Waals surface area contributed by atoms with E-state index in [2.05, 4.69) is 32.8 Å². The second-order valence-electron chi connectivity index (χ2n) is 6.67. The van der Waals surface area contributed by atoms with Gasteiger partial charge in [-0.25, -0.2) is 15.0 Å². The van der Waals surface area contributed by atoms with E-state index in [1.54, 1.807) is 18.4 Å². The number of anilines is 1. The van der Waals surface area contributed by atoms with E-state index in [0.717, 1.165) is 38.5 Å². The zero-order valence-corrected chi connectivity index (χ0v) is 16.7. The first-order valence-electron chi connectivity index (χ1n) is 9.31. The van der Waals surface area contributed by atoms with Crippen molar-refractivity contribution in [1.82, 2.24) is 19.4 Å². The average Bonchev–Trinajstić information content (AvgIpc) is 3.37. The van der Waals surface area contributed by atoms with Crippen molar-refractivity contribution in [3.63, 3.8) is 0 Å². The molecule has 0 aliphatic carbocycles. The Morgan fingerprint density at radius 1 is 1.03 bits per heavy atom. The second kappa shape index (κ2) is 7.62. The number of fused-ring (bicyclic) bond motifs is 2. The SMILES string of the molecule is COCc1nc(NCc2cn3ccccc3n2)c2c(-c3ccccc3)csc2n1. The fourth-order valence-electron chi connectivity index (χ4n) is 3.38. The van der Waals surface area contributed by atoms with Gasteiger partial charge < -0.3 is 14.5 Å². The lowest BCUT2D eigenvalue weighted by atomic mass is 10.1. The minimum absolute atomic E-state index is 0.373. The summed E-state index contributed by atoms with van der Waals surface area (Å²) in [5, 5.41) is 6.66. The van der Waals surface area contributed by atoms with E-state index in [4.69, 9.17) is 9.72 Å². The van der Waals surface area contributed by atoms with Crippen LogP contribution in [0.4, 0.5) is 5.82 Å². The fraction of sp³-hybridized carbons (Fsp3) is 0.136. The summed E-state index contributed by atoms with van der Waals surface area (Å²) in [6, 6.07) is 16.3. The molecule has 4 aromatic heterocycles. The van der Waals surface area contributed by atoms with Crippen LogP contribution < -0.4 is 5.32 Å². The smallest absolute Gasteiger partial charge is 0.158 e. The Morgan fingerprint density at radius 3 is 2.72 bits per heavy atom. The lowest BCUT2D eigenvalue weighted by molar-refractivity contribution is 0.178. The van der Waals surface area contributed by atoms with Crippen molar-refractivity contribution in [2.24, 2.45) is 0 Å². The van der Waals surface area contributed by atoms with Gasteiger partial charge in [-0.3, -0.25) is 0 Å². The van der Waals surface area contributed by atoms with Crippen molar-refractivity contribution in [2.45, 2.75) is 13.2 Å². The van der Waals surface area contributed by atoms with Gasteiger partial charge in [-0.05, 0) is 17.7 Å². The molecule has 0 unspecified atom stereocenters. The van der Waals surface area contributed by atoms with E-state index in [-0.39, 0.29) is 0 Å². The Kier molecular flexibility index (Phi) is 4.67. The van der Waals surface area contributed by atoms with Crippen LogP contribution in [0.2, 0.25) is 0 Å². The molecule has 5 rings (SSSR count). The van der Waals surface area contributed by atoms with Crippen LogP contribution in [-0.4, -0.2) is 26.5 Å². The van der Waals surface area contributed by atoms with Gasteiger partial charge >= 0.3 is 0 Å². The Hall–Kier alpha value is -3.29. The molecule has 0 atom stereocenters. The number of nitrogens with zero attached hydrogens (tertiary/aromatic N) is 4. The normalized spacial score (nSPS) is 11.3. The molecular formula is C22H19N5OS. The minimum Gasteiger partial charge on any atom is -0.377 e. The number of thiophene rings is 1. The van der Waals surface area contributed by atoms with Crippen LogP contribution in [0.5, 0.6) is 0 Å². The van der Waals surface area contributed by atoms with Crippen LogP contribution in [0.3, 0.4) is 0 Å². The van der Waals surface area contributed by atoms with Crippen LogP contribution in [0.25, 0.3) is 27.0 Å². The lowest BCUT2D eigenvalue weighted by Crippen LogP contribution is -2.06. The summed E-state index contributed by atoms with van der Waals surface area (Å²) in [4.78, 5) is 15.0. The number of hydrogen-bond donors (Lipinski definition) is 1. The molecule has 0 saturated heterocycles. The fourth-order valence-corrected chi connectivity index (χ4v) is 4.35. The van der Waals surface area contributed by atoms with Gasteiger partial charge in [0.05, 0.1) is 17.6 Å². The zero-order valence-electron chi connectivity index (χ0n) is 15.9. The van der Waals surface area contributed by atoms with Gasteiger partial charge in [0, 0.05) is 30.4 Å². The maximum Gasteiger partial charge on any atom is 0.158 e. The molecule has 0 bridgehead atoms. The largest absolute Gasteiger partial charge is 0.377 e. The van der Waals surface area contributed by atoms with E-state index >= 15 is 0 Å². The number of benzene rings is 1. The van der Waals surface area contributed by atoms with E-state index < -0.39 is 0 Å². The van der Waals surface area contributed by atoms with E-state index in [0.29, 0.717) is 19.0 Å². The molecule has 0 spiro atoms. The number of methoxy groups -OCH3 is 1. The van der Waals surface area contributed by atoms with Crippen molar-refractivity contribution >= 4 is 33.0 Å². The number of aromatic nitrogens is 4. The quantitative estimate of drug-likeness (QED) is 0.444. The highest BCUT2D eigenvalue weighted by atomic mass is 32.1. The summed E-state index contributed by atoms with van der Waals surface area (Å²) >= 11 is 1.62. The molecule has 0 aliphatic rings. The zero-order chi connectivity index (χ0) is 19.6. The number of rotatable bonds is 6. The molecule has 0 radical (unpaired) electrons. The van der Waals surface area contributed by atoms with Crippen molar-refractivity contribution in [1.29, 1.82) is 0 Å². The molecule has 6 nitrogen and oxygen atoms in total. The third-order valence-electron chi connectivity index (χ3n) is 4.69. The standard InChI is InChI=1S/C22H19N5OS/c1-28-13-18-25-21(23-11-16-12-27-10-6-5-9-19(27)24-16)20-17(14-29-22(20)26-18)15-7-3-2-4-8-15/h2-10,12,14H,11,13H2,1H3,(H,23,25,26). The van der Waals surface area contributed by atoms with Crippen LogP contribution in [0.1, 0.15) is 11.5 Å². The van der Waals surface area contributed by atoms with Crippen LogP contribution in [0, 0.1) is 0 Å². The first kappa shape index (κ1) is 17.8. The second-order valence-corrected chi connectivity index (χ2v) is 7.53. The summed E-state index contributed by atoms with van der Waals surface area (Å²) in [5.41, 5.74) is 4.16. The van der Waals surface area contributed by atoms with Gasteiger partial charge in [0.2, 0.25) is 0 Å². The Labute approximate surface area is 171 Å². The van der Waals surface area contributed by atoms with Gasteiger partial charge in [0.1, 0.15) is 22.9 Å². The molecule has 0 amide bonds. The first-order chi connectivity index (χ1) is 14.3. The molecule has 0 fully saturated rings. The summed E-state index contributed by atoms with van der Waals surface area (Å²) in [6.45, 7) is 0.946. The topological polar surface area (TPSA) is 64.3 Å². The molecule has 29 heavy (non-hydrogen) atoms. The predicted molar refractivity (Wildman–Crippen MR) is 116 cm³/mol. The molecular weight excluding hydrogens is 382 g/mol. The van der Waals surface area contributed by atoms with Crippen LogP contribution in [0.15, 0.2) is 66.3 Å². The first-order valence-corrected chi connectivity index (χ1v) is 10.2. The number of hydrogen-bond acceptors (Lipinski definition) is 6. The molecule has 0 saturated carbocycles. The van der Waals surface area contributed by atoms with Crippen molar-refractivity contribution < 1.29 is 4.74 Å². The third-order valence-corrected chi connectivity index (χ3v) is 5.56. The molecule has 0 aliphatic heterocycles. The summed E-state index contributed by atoms with van der Waals surface area (Å²) in [6.07, 6.45) is 4.03. The Morgan fingerprint density at radius 2 is 1.90 bits per heavy atom. The number of pyridine rings is 1. The number of ether oxygens (including phenoxy) is 1. The van der Waals surface area contributed by atoms with Gasteiger partial charge in [0.25, 0.3) is 0 Å². The highest BCUT2D eigenvalue weighted by molar-refractivity contribution is 7.17. The van der Waals surface area contributed by atoms with E-state index in [1.807, 2.05) is 53.2 Å². The number of nitrogens with one attached hydrogen (secondary N) is 1. The molecule has 1 aromatic carbocycles. The van der Waals surface area contributed by atoms with E-state index in [1.165, 1.54) is 0 Å². The predicted octanol–water partition coefficient (Wildman–Crippen LogP) is 4.76. The van der Waals surface area contributed by atoms with Crippen molar-refractivity contribution in [3.05, 3.63) is 77.8 Å². The van der Waals surface area contributed by atoms with Gasteiger partial charge in [-0.15, -0.1) is 11.3 Å². The molecule has 5 aromatic rings. The van der Waals surface area contributed by atoms with Crippen molar-refractivity contribution in [2.75, 3.05) is 12.4 Å². The molecule has 7 heteroatoms. The number of imidazole rings is 1. The van der Waals surface area contributed by atoms with Gasteiger partial charge in [-0.1, -0.05) is 36.4 Å². The lowest BCUT2D eigenvalue weighted by Gasteiger charge is -2.09. The third kappa shape index (κ3) is 3.46. The maximum absolute atomic E-state index is 5.26. The summed E-state index contributed by atoms with van der Waals surface area (Å²) in [7, 11) is 1.65. The van der Waals surface area contributed by atoms with Crippen LogP contribution >= 0.6 is 11.3 Å². The molecule has 4 heterocycles. The minimum atomic E-state index is 0.373. The monoisotopic (exact) mass is 401 g/mol. The maximum atomic E-state index is 5.26. The van der Waals surface area contributed by atoms with Crippen molar-refractivity contribution in [3.8, 4) is 11.1 Å². The molecule has 144 valence electrons. The Balaban J connectivity index is 1.55. The summed E-state index contributed by atoms with van der Waals surface area (Å²) in [5.74, 6) is 1.47. The highest BCUT2D eigenvalue weighted by Gasteiger charge is 2.15. The van der Waals surface area contributed by atoms with Gasteiger partial charge in [0.15, 0.2) is 5.82 Å². The van der Waals surface area contributed by atoms with Gasteiger partial charge in [-0.2, -0.15) is 0 Å². The van der Waals surface area contributed by atoms with Crippen LogP contribution in [-0.2, 0) is 17.9 Å². The average molecular weight is 401 g/mol. The highest BCUT2D eigenvalue weighted by Crippen LogP contribution is 2.37. The van der Waals surface area contributed by atoms with E-state index in [9.17, 15) is 0 Å². The summed E-state index contributed by atoms with van der Waals surface area (Å²) < 4.78 is 7.28. The molecule has 1 N–H and O–H groups in total. The Bertz CT molecular complexity index is 1250.